The highest BCUT2D eigenvalue weighted by Gasteiger charge is 2.11. The third kappa shape index (κ3) is 4.68. The summed E-state index contributed by atoms with van der Waals surface area (Å²) in [6.45, 7) is 7.36. The lowest BCUT2D eigenvalue weighted by molar-refractivity contribution is 0.520. The number of halogens is 1. The highest BCUT2D eigenvalue weighted by atomic mass is 19.1. The van der Waals surface area contributed by atoms with E-state index >= 15 is 0 Å². The number of hydrogen-bond acceptors (Lipinski definition) is 1. The minimum atomic E-state index is -0.173. The van der Waals surface area contributed by atoms with Crippen LogP contribution in [0.2, 0.25) is 0 Å². The average Bonchev–Trinajstić information content (AvgIpc) is 2.45. The molecule has 1 unspecified atom stereocenters. The first-order valence-corrected chi connectivity index (χ1v) is 7.62. The second-order valence-electron chi connectivity index (χ2n) is 5.72. The Morgan fingerprint density at radius 3 is 2.38 bits per heavy atom. The standard InChI is InChI=1S/C19H24FN/c1-4-21-19(12-16-7-9-18(20)10-8-16)13-17-11-14(2)5-6-15(17)3/h5-11,19,21H,4,12-13H2,1-3H3. The summed E-state index contributed by atoms with van der Waals surface area (Å²) in [5.74, 6) is -0.173. The predicted molar refractivity (Wildman–Crippen MR) is 87.2 cm³/mol. The number of hydrogen-bond donors (Lipinski definition) is 1. The molecule has 21 heavy (non-hydrogen) atoms. The van der Waals surface area contributed by atoms with Crippen LogP contribution >= 0.6 is 0 Å². The van der Waals surface area contributed by atoms with Crippen molar-refractivity contribution < 1.29 is 4.39 Å². The molecule has 0 heterocycles. The van der Waals surface area contributed by atoms with Gasteiger partial charge in [-0.15, -0.1) is 0 Å². The molecule has 0 aliphatic carbocycles. The van der Waals surface area contributed by atoms with Crippen LogP contribution in [-0.2, 0) is 12.8 Å². The summed E-state index contributed by atoms with van der Waals surface area (Å²) in [5.41, 5.74) is 5.20. The molecule has 0 spiro atoms. The molecule has 2 aromatic rings. The zero-order valence-electron chi connectivity index (χ0n) is 13.1. The van der Waals surface area contributed by atoms with Crippen LogP contribution < -0.4 is 5.32 Å². The topological polar surface area (TPSA) is 12.0 Å². The fraction of sp³-hybridized carbons (Fsp3) is 0.368. The second kappa shape index (κ2) is 7.37. The van der Waals surface area contributed by atoms with Crippen LogP contribution in [0.25, 0.3) is 0 Å². The SMILES string of the molecule is CCNC(Cc1ccc(F)cc1)Cc1cc(C)ccc1C. The molecular weight excluding hydrogens is 261 g/mol. The maximum absolute atomic E-state index is 13.0. The van der Waals surface area contributed by atoms with E-state index in [-0.39, 0.29) is 5.82 Å². The average molecular weight is 285 g/mol. The highest BCUT2D eigenvalue weighted by molar-refractivity contribution is 5.31. The maximum atomic E-state index is 13.0. The largest absolute Gasteiger partial charge is 0.314 e. The molecule has 112 valence electrons. The third-order valence-corrected chi connectivity index (χ3v) is 3.86. The van der Waals surface area contributed by atoms with Gasteiger partial charge in [0.25, 0.3) is 0 Å². The Bertz CT molecular complexity index is 575. The van der Waals surface area contributed by atoms with Crippen molar-refractivity contribution in [1.29, 1.82) is 0 Å². The van der Waals surface area contributed by atoms with E-state index < -0.39 is 0 Å². The Hall–Kier alpha value is -1.67. The van der Waals surface area contributed by atoms with E-state index in [1.54, 1.807) is 0 Å². The monoisotopic (exact) mass is 285 g/mol. The van der Waals surface area contributed by atoms with Crippen LogP contribution in [0, 0.1) is 19.7 Å². The van der Waals surface area contributed by atoms with E-state index in [1.165, 1.54) is 34.4 Å². The number of likely N-dealkylation sites (N-methyl/N-ethyl adjacent to an activating group) is 1. The highest BCUT2D eigenvalue weighted by Crippen LogP contribution is 2.15. The molecule has 2 rings (SSSR count). The lowest BCUT2D eigenvalue weighted by atomic mass is 9.95. The fourth-order valence-corrected chi connectivity index (χ4v) is 2.70. The maximum Gasteiger partial charge on any atom is 0.123 e. The van der Waals surface area contributed by atoms with Crippen LogP contribution in [0.1, 0.15) is 29.2 Å². The zero-order chi connectivity index (χ0) is 15.2. The molecule has 1 N–H and O–H groups in total. The molecule has 0 saturated heterocycles. The molecule has 1 nitrogen and oxygen atoms in total. The molecule has 0 fully saturated rings. The molecule has 0 aliphatic rings. The molecule has 2 heteroatoms. The fourth-order valence-electron chi connectivity index (χ4n) is 2.70. The summed E-state index contributed by atoms with van der Waals surface area (Å²) < 4.78 is 13.0. The Morgan fingerprint density at radius 2 is 1.71 bits per heavy atom. The first kappa shape index (κ1) is 15.7. The van der Waals surface area contributed by atoms with E-state index in [0.717, 1.165) is 19.4 Å². The molecular formula is C19H24FN. The molecule has 1 atom stereocenters. The van der Waals surface area contributed by atoms with Gasteiger partial charge in [0.05, 0.1) is 0 Å². The van der Waals surface area contributed by atoms with Crippen molar-refractivity contribution in [2.45, 2.75) is 39.7 Å². The van der Waals surface area contributed by atoms with Gasteiger partial charge in [0.15, 0.2) is 0 Å². The molecule has 0 aliphatic heterocycles. The van der Waals surface area contributed by atoms with Gasteiger partial charge < -0.3 is 5.32 Å². The molecule has 0 radical (unpaired) electrons. The summed E-state index contributed by atoms with van der Waals surface area (Å²) >= 11 is 0. The summed E-state index contributed by atoms with van der Waals surface area (Å²) in [5, 5.41) is 3.55. The lowest BCUT2D eigenvalue weighted by Crippen LogP contribution is -2.33. The summed E-state index contributed by atoms with van der Waals surface area (Å²) in [6.07, 6.45) is 1.92. The Labute approximate surface area is 127 Å². The smallest absolute Gasteiger partial charge is 0.123 e. The van der Waals surface area contributed by atoms with Gasteiger partial charge in [-0.3, -0.25) is 0 Å². The Kier molecular flexibility index (Phi) is 5.51. The lowest BCUT2D eigenvalue weighted by Gasteiger charge is -2.19. The van der Waals surface area contributed by atoms with Gasteiger partial charge in [-0.25, -0.2) is 4.39 Å². The van der Waals surface area contributed by atoms with Gasteiger partial charge in [-0.05, 0) is 62.1 Å². The van der Waals surface area contributed by atoms with Crippen LogP contribution in [0.3, 0.4) is 0 Å². The first-order chi connectivity index (χ1) is 10.1. The van der Waals surface area contributed by atoms with Crippen molar-refractivity contribution in [1.82, 2.24) is 5.32 Å². The van der Waals surface area contributed by atoms with Crippen molar-refractivity contribution in [3.05, 3.63) is 70.5 Å². The Morgan fingerprint density at radius 1 is 1.00 bits per heavy atom. The minimum Gasteiger partial charge on any atom is -0.314 e. The van der Waals surface area contributed by atoms with Crippen molar-refractivity contribution in [3.63, 3.8) is 0 Å². The van der Waals surface area contributed by atoms with Crippen molar-refractivity contribution in [2.75, 3.05) is 6.54 Å². The third-order valence-electron chi connectivity index (χ3n) is 3.86. The first-order valence-electron chi connectivity index (χ1n) is 7.62. The number of nitrogens with one attached hydrogen (secondary N) is 1. The molecule has 2 aromatic carbocycles. The van der Waals surface area contributed by atoms with E-state index in [1.807, 2.05) is 12.1 Å². The van der Waals surface area contributed by atoms with Crippen LogP contribution in [0.5, 0.6) is 0 Å². The molecule has 0 amide bonds. The normalized spacial score (nSPS) is 12.4. The van der Waals surface area contributed by atoms with Crippen LogP contribution in [-0.4, -0.2) is 12.6 Å². The summed E-state index contributed by atoms with van der Waals surface area (Å²) in [4.78, 5) is 0. The van der Waals surface area contributed by atoms with Gasteiger partial charge in [0.2, 0.25) is 0 Å². The van der Waals surface area contributed by atoms with Crippen LogP contribution in [0.4, 0.5) is 4.39 Å². The van der Waals surface area contributed by atoms with Crippen LogP contribution in [0.15, 0.2) is 42.5 Å². The van der Waals surface area contributed by atoms with E-state index in [0.29, 0.717) is 6.04 Å². The van der Waals surface area contributed by atoms with Gasteiger partial charge >= 0.3 is 0 Å². The number of aryl methyl sites for hydroxylation is 2. The van der Waals surface area contributed by atoms with E-state index in [4.69, 9.17) is 0 Å². The summed E-state index contributed by atoms with van der Waals surface area (Å²) in [6, 6.07) is 13.8. The van der Waals surface area contributed by atoms with Crippen molar-refractivity contribution in [2.24, 2.45) is 0 Å². The zero-order valence-corrected chi connectivity index (χ0v) is 13.1. The predicted octanol–water partition coefficient (Wildman–Crippen LogP) is 4.21. The minimum absolute atomic E-state index is 0.173. The van der Waals surface area contributed by atoms with Gasteiger partial charge in [0.1, 0.15) is 5.82 Å². The van der Waals surface area contributed by atoms with E-state index in [2.05, 4.69) is 44.3 Å². The number of benzene rings is 2. The Balaban J connectivity index is 2.11. The quantitative estimate of drug-likeness (QED) is 0.838. The van der Waals surface area contributed by atoms with Crippen molar-refractivity contribution >= 4 is 0 Å². The van der Waals surface area contributed by atoms with Gasteiger partial charge in [-0.1, -0.05) is 42.8 Å². The number of rotatable bonds is 6. The molecule has 0 saturated carbocycles. The second-order valence-corrected chi connectivity index (χ2v) is 5.72. The van der Waals surface area contributed by atoms with E-state index in [9.17, 15) is 4.39 Å². The van der Waals surface area contributed by atoms with Gasteiger partial charge in [-0.2, -0.15) is 0 Å². The van der Waals surface area contributed by atoms with Gasteiger partial charge in [0, 0.05) is 6.04 Å². The van der Waals surface area contributed by atoms with Crippen molar-refractivity contribution in [3.8, 4) is 0 Å². The summed E-state index contributed by atoms with van der Waals surface area (Å²) in [7, 11) is 0. The molecule has 0 aromatic heterocycles. The molecule has 0 bridgehead atoms.